The van der Waals surface area contributed by atoms with Gasteiger partial charge in [-0.15, -0.1) is 0 Å². The molecule has 0 aliphatic heterocycles. The predicted octanol–water partition coefficient (Wildman–Crippen LogP) is 2.46. The molecule has 3 heteroatoms. The van der Waals surface area contributed by atoms with Crippen LogP contribution in [0.4, 0.5) is 0 Å². The monoisotopic (exact) mass is 213 g/mol. The van der Waals surface area contributed by atoms with Crippen molar-refractivity contribution in [1.29, 1.82) is 10.5 Å². The molecule has 0 radical (unpaired) electrons. The van der Waals surface area contributed by atoms with E-state index < -0.39 is 0 Å². The summed E-state index contributed by atoms with van der Waals surface area (Å²) in [7, 11) is 0. The second-order valence-electron chi connectivity index (χ2n) is 3.49. The van der Waals surface area contributed by atoms with E-state index in [1.807, 2.05) is 26.0 Å². The molecule has 1 rings (SSSR count). The van der Waals surface area contributed by atoms with Crippen LogP contribution in [0.5, 0.6) is 0 Å². The molecule has 1 atom stereocenters. The van der Waals surface area contributed by atoms with Gasteiger partial charge in [0.15, 0.2) is 0 Å². The van der Waals surface area contributed by atoms with Crippen LogP contribution in [0.2, 0.25) is 0 Å². The van der Waals surface area contributed by atoms with E-state index in [9.17, 15) is 5.26 Å². The van der Waals surface area contributed by atoms with E-state index in [0.717, 1.165) is 18.7 Å². The van der Waals surface area contributed by atoms with Crippen LogP contribution in [0, 0.1) is 22.7 Å². The van der Waals surface area contributed by atoms with E-state index in [1.54, 1.807) is 12.1 Å². The summed E-state index contributed by atoms with van der Waals surface area (Å²) in [6, 6.07) is 11.4. The highest BCUT2D eigenvalue weighted by atomic mass is 15.1. The second kappa shape index (κ2) is 5.90. The fourth-order valence-corrected chi connectivity index (χ4v) is 1.70. The van der Waals surface area contributed by atoms with Crippen molar-refractivity contribution < 1.29 is 0 Å². The molecule has 0 aliphatic carbocycles. The molecule has 0 fully saturated rings. The van der Waals surface area contributed by atoms with E-state index in [-0.39, 0.29) is 6.04 Å². The minimum Gasteiger partial charge on any atom is -0.285 e. The summed E-state index contributed by atoms with van der Waals surface area (Å²) in [5.41, 5.74) is 1.57. The standard InChI is InChI=1S/C13H15N3/c1-3-16(4-2)13(10-15)12-7-5-11(9-14)6-8-12/h5-8,13H,3-4H2,1-2H3. The van der Waals surface area contributed by atoms with Crippen molar-refractivity contribution >= 4 is 0 Å². The number of benzene rings is 1. The molecule has 0 saturated carbocycles. The molecular formula is C13H15N3. The van der Waals surface area contributed by atoms with Gasteiger partial charge in [-0.3, -0.25) is 4.90 Å². The van der Waals surface area contributed by atoms with Crippen LogP contribution in [0.3, 0.4) is 0 Å². The van der Waals surface area contributed by atoms with Crippen molar-refractivity contribution in [2.24, 2.45) is 0 Å². The first kappa shape index (κ1) is 12.2. The summed E-state index contributed by atoms with van der Waals surface area (Å²) in [5, 5.41) is 17.9. The Labute approximate surface area is 96.5 Å². The third kappa shape index (κ3) is 2.59. The quantitative estimate of drug-likeness (QED) is 0.772. The first-order valence-electron chi connectivity index (χ1n) is 5.40. The fraction of sp³-hybridized carbons (Fsp3) is 0.385. The number of hydrogen-bond acceptors (Lipinski definition) is 3. The zero-order chi connectivity index (χ0) is 12.0. The van der Waals surface area contributed by atoms with Gasteiger partial charge in [-0.1, -0.05) is 26.0 Å². The number of nitrogens with zero attached hydrogens (tertiary/aromatic N) is 3. The molecule has 1 unspecified atom stereocenters. The summed E-state index contributed by atoms with van der Waals surface area (Å²) in [5.74, 6) is 0. The maximum atomic E-state index is 9.18. The van der Waals surface area contributed by atoms with Crippen LogP contribution < -0.4 is 0 Å². The van der Waals surface area contributed by atoms with Gasteiger partial charge in [0.25, 0.3) is 0 Å². The van der Waals surface area contributed by atoms with E-state index in [2.05, 4.69) is 17.0 Å². The van der Waals surface area contributed by atoms with Gasteiger partial charge >= 0.3 is 0 Å². The maximum absolute atomic E-state index is 9.18. The average molecular weight is 213 g/mol. The lowest BCUT2D eigenvalue weighted by atomic mass is 10.0. The predicted molar refractivity (Wildman–Crippen MR) is 62.4 cm³/mol. The molecule has 0 aromatic heterocycles. The molecule has 0 amide bonds. The lowest BCUT2D eigenvalue weighted by molar-refractivity contribution is 0.262. The van der Waals surface area contributed by atoms with Gasteiger partial charge in [-0.2, -0.15) is 10.5 Å². The van der Waals surface area contributed by atoms with Crippen LogP contribution in [0.1, 0.15) is 31.0 Å². The molecule has 1 aromatic rings. The van der Waals surface area contributed by atoms with Gasteiger partial charge in [0.1, 0.15) is 6.04 Å². The number of hydrogen-bond donors (Lipinski definition) is 0. The van der Waals surface area contributed by atoms with Crippen LogP contribution in [-0.4, -0.2) is 18.0 Å². The summed E-state index contributed by atoms with van der Waals surface area (Å²) < 4.78 is 0. The first-order chi connectivity index (χ1) is 7.76. The first-order valence-corrected chi connectivity index (χ1v) is 5.40. The van der Waals surface area contributed by atoms with Crippen molar-refractivity contribution in [1.82, 2.24) is 4.90 Å². The molecule has 0 spiro atoms. The molecule has 0 bridgehead atoms. The lowest BCUT2D eigenvalue weighted by Crippen LogP contribution is -2.27. The average Bonchev–Trinajstić information content (AvgIpc) is 2.36. The summed E-state index contributed by atoms with van der Waals surface area (Å²) in [6.45, 7) is 5.76. The Balaban J connectivity index is 2.96. The zero-order valence-electron chi connectivity index (χ0n) is 9.64. The Bertz CT molecular complexity index is 404. The molecular weight excluding hydrogens is 198 g/mol. The number of nitriles is 2. The second-order valence-corrected chi connectivity index (χ2v) is 3.49. The Kier molecular flexibility index (Phi) is 4.51. The van der Waals surface area contributed by atoms with E-state index in [1.165, 1.54) is 0 Å². The normalized spacial score (nSPS) is 11.8. The highest BCUT2D eigenvalue weighted by molar-refractivity contribution is 5.34. The van der Waals surface area contributed by atoms with E-state index in [0.29, 0.717) is 5.56 Å². The topological polar surface area (TPSA) is 50.8 Å². The Morgan fingerprint density at radius 2 is 1.69 bits per heavy atom. The van der Waals surface area contributed by atoms with Gasteiger partial charge in [0.2, 0.25) is 0 Å². The summed E-state index contributed by atoms with van der Waals surface area (Å²) >= 11 is 0. The van der Waals surface area contributed by atoms with Gasteiger partial charge < -0.3 is 0 Å². The van der Waals surface area contributed by atoms with Gasteiger partial charge in [0.05, 0.1) is 17.7 Å². The van der Waals surface area contributed by atoms with Crippen LogP contribution in [0.15, 0.2) is 24.3 Å². The third-order valence-electron chi connectivity index (χ3n) is 2.66. The minimum absolute atomic E-state index is 0.220. The Hall–Kier alpha value is -1.84. The molecule has 0 aliphatic rings. The highest BCUT2D eigenvalue weighted by Gasteiger charge is 2.16. The van der Waals surface area contributed by atoms with Crippen LogP contribution in [-0.2, 0) is 0 Å². The molecule has 0 saturated heterocycles. The van der Waals surface area contributed by atoms with Crippen LogP contribution in [0.25, 0.3) is 0 Å². The van der Waals surface area contributed by atoms with Crippen molar-refractivity contribution in [2.75, 3.05) is 13.1 Å². The number of rotatable bonds is 4. The Morgan fingerprint density at radius 3 is 2.06 bits per heavy atom. The van der Waals surface area contributed by atoms with Crippen molar-refractivity contribution in [2.45, 2.75) is 19.9 Å². The molecule has 1 aromatic carbocycles. The van der Waals surface area contributed by atoms with Gasteiger partial charge in [-0.25, -0.2) is 0 Å². The molecule has 16 heavy (non-hydrogen) atoms. The third-order valence-corrected chi connectivity index (χ3v) is 2.66. The molecule has 3 nitrogen and oxygen atoms in total. The molecule has 82 valence electrons. The largest absolute Gasteiger partial charge is 0.285 e. The van der Waals surface area contributed by atoms with Gasteiger partial charge in [-0.05, 0) is 30.8 Å². The van der Waals surface area contributed by atoms with E-state index >= 15 is 0 Å². The summed E-state index contributed by atoms with van der Waals surface area (Å²) in [4.78, 5) is 2.08. The van der Waals surface area contributed by atoms with Crippen molar-refractivity contribution in [3.63, 3.8) is 0 Å². The minimum atomic E-state index is -0.220. The smallest absolute Gasteiger partial charge is 0.123 e. The molecule has 0 heterocycles. The van der Waals surface area contributed by atoms with Crippen molar-refractivity contribution in [3.05, 3.63) is 35.4 Å². The van der Waals surface area contributed by atoms with Gasteiger partial charge in [0, 0.05) is 0 Å². The fourth-order valence-electron chi connectivity index (χ4n) is 1.70. The lowest BCUT2D eigenvalue weighted by Gasteiger charge is -2.24. The highest BCUT2D eigenvalue weighted by Crippen LogP contribution is 2.19. The molecule has 0 N–H and O–H groups in total. The maximum Gasteiger partial charge on any atom is 0.123 e. The zero-order valence-corrected chi connectivity index (χ0v) is 9.64. The van der Waals surface area contributed by atoms with Crippen molar-refractivity contribution in [3.8, 4) is 12.1 Å². The van der Waals surface area contributed by atoms with Crippen LogP contribution >= 0.6 is 0 Å². The Morgan fingerprint density at radius 1 is 1.12 bits per heavy atom. The summed E-state index contributed by atoms with van der Waals surface area (Å²) in [6.07, 6.45) is 0. The van der Waals surface area contributed by atoms with E-state index in [4.69, 9.17) is 5.26 Å². The SMILES string of the molecule is CCN(CC)C(C#N)c1ccc(C#N)cc1.